The first-order valence-corrected chi connectivity index (χ1v) is 28.2. The molecule has 2 fully saturated rings. The van der Waals surface area contributed by atoms with Crippen molar-refractivity contribution in [3.63, 3.8) is 0 Å². The molecule has 0 aromatic carbocycles. The zero-order chi connectivity index (χ0) is 52.4. The van der Waals surface area contributed by atoms with Crippen molar-refractivity contribution >= 4 is 5.91 Å². The molecule has 2 saturated heterocycles. The van der Waals surface area contributed by atoms with E-state index in [9.17, 15) is 45.6 Å². The predicted octanol–water partition coefficient (Wildman–Crippen LogP) is 8.77. The molecule has 0 radical (unpaired) electrons. The number of carbonyl (C=O) groups excluding carboxylic acids is 1. The molecule has 0 aliphatic carbocycles. The normalized spacial score (nSPS) is 26.1. The molecular formula is C58H101NO13. The maximum absolute atomic E-state index is 13.2. The van der Waals surface area contributed by atoms with Crippen LogP contribution < -0.4 is 5.32 Å². The van der Waals surface area contributed by atoms with Crippen molar-refractivity contribution in [2.75, 3.05) is 19.8 Å². The monoisotopic (exact) mass is 1020 g/mol. The fourth-order valence-corrected chi connectivity index (χ4v) is 8.81. The van der Waals surface area contributed by atoms with Crippen LogP contribution in [0.15, 0.2) is 72.9 Å². The fourth-order valence-electron chi connectivity index (χ4n) is 8.81. The van der Waals surface area contributed by atoms with E-state index >= 15 is 0 Å². The van der Waals surface area contributed by atoms with Gasteiger partial charge in [-0.15, -0.1) is 0 Å². The van der Waals surface area contributed by atoms with Gasteiger partial charge in [0, 0.05) is 6.42 Å². The van der Waals surface area contributed by atoms with Crippen molar-refractivity contribution in [3.8, 4) is 0 Å². The van der Waals surface area contributed by atoms with Crippen molar-refractivity contribution in [2.24, 2.45) is 0 Å². The third kappa shape index (κ3) is 29.5. The molecule has 2 rings (SSSR count). The summed E-state index contributed by atoms with van der Waals surface area (Å²) in [5.74, 6) is -0.266. The molecule has 14 nitrogen and oxygen atoms in total. The van der Waals surface area contributed by atoms with Crippen LogP contribution in [0, 0.1) is 0 Å². The Kier molecular flexibility index (Phi) is 39.7. The summed E-state index contributed by atoms with van der Waals surface area (Å²) in [7, 11) is 0. The molecule has 0 aromatic heterocycles. The van der Waals surface area contributed by atoms with E-state index in [0.717, 1.165) is 83.5 Å². The largest absolute Gasteiger partial charge is 0.394 e. The summed E-state index contributed by atoms with van der Waals surface area (Å²) < 4.78 is 22.7. The number of allylic oxidation sites excluding steroid dienone is 11. The van der Waals surface area contributed by atoms with E-state index in [1.807, 2.05) is 6.08 Å². The minimum atomic E-state index is -1.80. The van der Waals surface area contributed by atoms with Crippen LogP contribution in [-0.2, 0) is 23.7 Å². The molecule has 14 heteroatoms. The second kappa shape index (κ2) is 43.6. The van der Waals surface area contributed by atoms with Crippen LogP contribution in [0.5, 0.6) is 0 Å². The first-order chi connectivity index (χ1) is 35.1. The Morgan fingerprint density at radius 1 is 0.514 bits per heavy atom. The summed E-state index contributed by atoms with van der Waals surface area (Å²) in [6.45, 7) is 2.64. The van der Waals surface area contributed by atoms with Gasteiger partial charge in [-0.25, -0.2) is 0 Å². The molecule has 12 unspecified atom stereocenters. The lowest BCUT2D eigenvalue weighted by atomic mass is 9.97. The molecule has 0 bridgehead atoms. The summed E-state index contributed by atoms with van der Waals surface area (Å²) >= 11 is 0. The number of nitrogens with one attached hydrogen (secondary N) is 1. The predicted molar refractivity (Wildman–Crippen MR) is 286 cm³/mol. The van der Waals surface area contributed by atoms with Gasteiger partial charge < -0.3 is 65.1 Å². The molecule has 2 heterocycles. The Balaban J connectivity index is 1.83. The van der Waals surface area contributed by atoms with E-state index in [-0.39, 0.29) is 18.9 Å². The molecular weight excluding hydrogens is 919 g/mol. The number of aliphatic hydroxyl groups excluding tert-OH is 8. The quantitative estimate of drug-likeness (QED) is 0.0206. The lowest BCUT2D eigenvalue weighted by Crippen LogP contribution is -2.65. The molecule has 2 aliphatic heterocycles. The average molecular weight is 1020 g/mol. The fraction of sp³-hybridized carbons (Fsp3) is 0.776. The summed E-state index contributed by atoms with van der Waals surface area (Å²) in [6, 6.07) is -0.946. The van der Waals surface area contributed by atoms with Crippen molar-refractivity contribution in [1.82, 2.24) is 5.32 Å². The molecule has 0 saturated carbocycles. The van der Waals surface area contributed by atoms with Crippen LogP contribution in [0.2, 0.25) is 0 Å². The molecule has 0 spiro atoms. The van der Waals surface area contributed by atoms with Crippen LogP contribution in [0.1, 0.15) is 194 Å². The zero-order valence-corrected chi connectivity index (χ0v) is 44.4. The number of ether oxygens (including phenoxy) is 4. The Hall–Kier alpha value is -2.57. The van der Waals surface area contributed by atoms with E-state index in [2.05, 4.69) is 79.9 Å². The Labute approximate surface area is 434 Å². The summed E-state index contributed by atoms with van der Waals surface area (Å²) in [4.78, 5) is 13.2. The van der Waals surface area contributed by atoms with Gasteiger partial charge in [0.1, 0.15) is 48.8 Å². The second-order valence-corrected chi connectivity index (χ2v) is 19.7. The molecule has 9 N–H and O–H groups in total. The Bertz CT molecular complexity index is 1480. The van der Waals surface area contributed by atoms with E-state index in [4.69, 9.17) is 18.9 Å². The minimum Gasteiger partial charge on any atom is -0.394 e. The maximum atomic E-state index is 13.2. The second-order valence-electron chi connectivity index (χ2n) is 19.7. The lowest BCUT2D eigenvalue weighted by molar-refractivity contribution is -0.359. The number of hydrogen-bond acceptors (Lipinski definition) is 13. The SMILES string of the molecule is CC/C=C\C/C=C\C/C=C\CCCCCCCCCC(=O)NC(COC1OC(CO)C(OC2OC(CO)C(O)C(O)C2O)C(O)C1O)C(O)/C=C/CC/C=C/CC/C=C/CCCCCCCCCCCCC. The first kappa shape index (κ1) is 65.5. The Morgan fingerprint density at radius 2 is 0.972 bits per heavy atom. The summed E-state index contributed by atoms with van der Waals surface area (Å²) in [5, 5.41) is 86.9. The van der Waals surface area contributed by atoms with Crippen LogP contribution in [-0.4, -0.2) is 140 Å². The highest BCUT2D eigenvalue weighted by Crippen LogP contribution is 2.30. The third-order valence-corrected chi connectivity index (χ3v) is 13.4. The van der Waals surface area contributed by atoms with E-state index < -0.39 is 86.8 Å². The van der Waals surface area contributed by atoms with Gasteiger partial charge in [-0.2, -0.15) is 0 Å². The highest BCUT2D eigenvalue weighted by molar-refractivity contribution is 5.76. The number of carbonyl (C=O) groups is 1. The molecule has 1 amide bonds. The number of amides is 1. The molecule has 0 aromatic rings. The van der Waals surface area contributed by atoms with Crippen molar-refractivity contribution in [1.29, 1.82) is 0 Å². The third-order valence-electron chi connectivity index (χ3n) is 13.4. The van der Waals surface area contributed by atoms with Crippen LogP contribution in [0.25, 0.3) is 0 Å². The molecule has 416 valence electrons. The molecule has 72 heavy (non-hydrogen) atoms. The Morgan fingerprint density at radius 3 is 1.53 bits per heavy atom. The summed E-state index contributed by atoms with van der Waals surface area (Å²) in [5.41, 5.74) is 0. The highest BCUT2D eigenvalue weighted by Gasteiger charge is 2.51. The van der Waals surface area contributed by atoms with Gasteiger partial charge >= 0.3 is 0 Å². The number of hydrogen-bond donors (Lipinski definition) is 9. The van der Waals surface area contributed by atoms with Gasteiger partial charge in [0.2, 0.25) is 5.91 Å². The van der Waals surface area contributed by atoms with E-state index in [1.165, 1.54) is 77.0 Å². The van der Waals surface area contributed by atoms with Crippen molar-refractivity contribution < 1.29 is 64.6 Å². The van der Waals surface area contributed by atoms with E-state index in [0.29, 0.717) is 12.8 Å². The number of rotatable bonds is 43. The van der Waals surface area contributed by atoms with Crippen LogP contribution in [0.4, 0.5) is 0 Å². The van der Waals surface area contributed by atoms with Crippen LogP contribution in [0.3, 0.4) is 0 Å². The first-order valence-electron chi connectivity index (χ1n) is 28.2. The van der Waals surface area contributed by atoms with Gasteiger partial charge in [0.25, 0.3) is 0 Å². The van der Waals surface area contributed by atoms with Gasteiger partial charge in [-0.05, 0) is 77.0 Å². The van der Waals surface area contributed by atoms with Gasteiger partial charge in [-0.3, -0.25) is 4.79 Å². The standard InChI is InChI=1S/C58H101NO13/c1-3-5-7-9-11-13-15-17-19-21-22-23-24-26-27-29-31-33-35-37-39-41-47(62)46(59-50(63)42-40-38-36-34-32-30-28-25-20-18-16-14-12-10-8-6-4-2)45-69-57-55(68)53(66)56(49(44-61)71-57)72-58-54(67)52(65)51(64)48(43-60)70-58/h6,8,12,14,18,20,24,26,31,33,39,41,46-49,51-58,60-62,64-68H,3-5,7,9-11,13,15-17,19,21-23,25,27-30,32,34-38,40,42-45H2,1-2H3,(H,59,63)/b8-6-,14-12-,20-18-,26-24+,33-31+,41-39+. The lowest BCUT2D eigenvalue weighted by Gasteiger charge is -2.46. The topological polar surface area (TPSA) is 228 Å². The van der Waals surface area contributed by atoms with Crippen molar-refractivity contribution in [2.45, 2.75) is 267 Å². The highest BCUT2D eigenvalue weighted by atomic mass is 16.7. The van der Waals surface area contributed by atoms with Crippen molar-refractivity contribution in [3.05, 3.63) is 72.9 Å². The average Bonchev–Trinajstić information content (AvgIpc) is 3.38. The van der Waals surface area contributed by atoms with Gasteiger partial charge in [0.15, 0.2) is 12.6 Å². The zero-order valence-electron chi connectivity index (χ0n) is 44.4. The number of aliphatic hydroxyl groups is 8. The summed E-state index contributed by atoms with van der Waals surface area (Å²) in [6.07, 6.45) is 39.4. The number of unbranched alkanes of at least 4 members (excludes halogenated alkanes) is 20. The smallest absolute Gasteiger partial charge is 0.220 e. The van der Waals surface area contributed by atoms with Gasteiger partial charge in [-0.1, -0.05) is 183 Å². The molecule has 12 atom stereocenters. The van der Waals surface area contributed by atoms with Gasteiger partial charge in [0.05, 0.1) is 32.0 Å². The minimum absolute atomic E-state index is 0.255. The maximum Gasteiger partial charge on any atom is 0.220 e. The van der Waals surface area contributed by atoms with E-state index in [1.54, 1.807) is 6.08 Å². The molecule has 2 aliphatic rings. The van der Waals surface area contributed by atoms with Crippen LogP contribution >= 0.6 is 0 Å².